The Balaban J connectivity index is 2.32. The highest BCUT2D eigenvalue weighted by Crippen LogP contribution is 2.30. The second-order valence-electron chi connectivity index (χ2n) is 2.76. The zero-order chi connectivity index (χ0) is 8.27. The third kappa shape index (κ3) is 2.17. The Labute approximate surface area is 66.7 Å². The van der Waals surface area contributed by atoms with Gasteiger partial charge in [-0.05, 0) is 12.8 Å². The monoisotopic (exact) mass is 157 g/mol. The minimum Gasteiger partial charge on any atom is -0.394 e. The van der Waals surface area contributed by atoms with Crippen molar-refractivity contribution >= 4 is 5.84 Å². The molecule has 0 amide bonds. The van der Waals surface area contributed by atoms with Crippen molar-refractivity contribution in [3.8, 4) is 0 Å². The Morgan fingerprint density at radius 3 is 2.73 bits per heavy atom. The molecule has 4 heteroatoms. The highest BCUT2D eigenvalue weighted by molar-refractivity contribution is 5.83. The van der Waals surface area contributed by atoms with Gasteiger partial charge in [0.2, 0.25) is 0 Å². The van der Waals surface area contributed by atoms with E-state index in [2.05, 4.69) is 5.43 Å². The molecule has 11 heavy (non-hydrogen) atoms. The molecule has 1 aliphatic carbocycles. The van der Waals surface area contributed by atoms with Crippen molar-refractivity contribution in [3.63, 3.8) is 0 Å². The SMILES string of the molecule is CNN(CCO)C(=N)C1CC1. The summed E-state index contributed by atoms with van der Waals surface area (Å²) in [4.78, 5) is 0. The maximum atomic E-state index is 8.64. The molecule has 1 aliphatic rings. The lowest BCUT2D eigenvalue weighted by Crippen LogP contribution is -2.42. The van der Waals surface area contributed by atoms with E-state index in [1.54, 1.807) is 12.1 Å². The van der Waals surface area contributed by atoms with E-state index in [1.165, 1.54) is 0 Å². The molecule has 0 aromatic rings. The average Bonchev–Trinajstić information content (AvgIpc) is 2.81. The molecule has 0 aromatic carbocycles. The topological polar surface area (TPSA) is 59.4 Å². The Hall–Kier alpha value is -0.610. The number of nitrogens with one attached hydrogen (secondary N) is 2. The summed E-state index contributed by atoms with van der Waals surface area (Å²) in [7, 11) is 1.77. The van der Waals surface area contributed by atoms with Gasteiger partial charge in [0, 0.05) is 13.0 Å². The van der Waals surface area contributed by atoms with Gasteiger partial charge >= 0.3 is 0 Å². The van der Waals surface area contributed by atoms with Crippen LogP contribution in [0.2, 0.25) is 0 Å². The summed E-state index contributed by atoms with van der Waals surface area (Å²) in [5.74, 6) is 1.05. The third-order valence-corrected chi connectivity index (χ3v) is 1.85. The Morgan fingerprint density at radius 1 is 1.73 bits per heavy atom. The van der Waals surface area contributed by atoms with Crippen LogP contribution in [-0.4, -0.2) is 36.2 Å². The van der Waals surface area contributed by atoms with E-state index in [1.807, 2.05) is 0 Å². The molecular weight excluding hydrogens is 142 g/mol. The summed E-state index contributed by atoms with van der Waals surface area (Å²) in [5, 5.41) is 18.0. The fourth-order valence-electron chi connectivity index (χ4n) is 1.03. The number of rotatable bonds is 4. The van der Waals surface area contributed by atoms with Gasteiger partial charge in [-0.2, -0.15) is 0 Å². The van der Waals surface area contributed by atoms with E-state index in [4.69, 9.17) is 10.5 Å². The van der Waals surface area contributed by atoms with Crippen molar-refractivity contribution in [1.82, 2.24) is 10.4 Å². The minimum absolute atomic E-state index is 0.0932. The molecule has 0 aromatic heterocycles. The predicted molar refractivity (Wildman–Crippen MR) is 43.3 cm³/mol. The van der Waals surface area contributed by atoms with Crippen molar-refractivity contribution in [3.05, 3.63) is 0 Å². The van der Waals surface area contributed by atoms with Gasteiger partial charge in [0.25, 0.3) is 0 Å². The van der Waals surface area contributed by atoms with Gasteiger partial charge in [0.15, 0.2) is 0 Å². The van der Waals surface area contributed by atoms with Crippen LogP contribution in [0.1, 0.15) is 12.8 Å². The molecule has 0 unspecified atom stereocenters. The van der Waals surface area contributed by atoms with Crippen molar-refractivity contribution in [2.75, 3.05) is 20.2 Å². The molecule has 3 N–H and O–H groups in total. The Kier molecular flexibility index (Phi) is 2.84. The molecular formula is C7H15N3O. The first-order valence-electron chi connectivity index (χ1n) is 3.93. The number of aliphatic hydroxyl groups is 1. The van der Waals surface area contributed by atoms with Gasteiger partial charge in [0.1, 0.15) is 5.84 Å². The normalized spacial score (nSPS) is 16.5. The highest BCUT2D eigenvalue weighted by atomic mass is 16.3. The maximum Gasteiger partial charge on any atom is 0.113 e. The van der Waals surface area contributed by atoms with Crippen LogP contribution < -0.4 is 5.43 Å². The van der Waals surface area contributed by atoms with E-state index in [0.29, 0.717) is 18.3 Å². The molecule has 0 aliphatic heterocycles. The Morgan fingerprint density at radius 2 is 2.36 bits per heavy atom. The van der Waals surface area contributed by atoms with E-state index >= 15 is 0 Å². The largest absolute Gasteiger partial charge is 0.394 e. The van der Waals surface area contributed by atoms with Crippen LogP contribution in [0.4, 0.5) is 0 Å². The van der Waals surface area contributed by atoms with Crippen molar-refractivity contribution < 1.29 is 5.11 Å². The summed E-state index contributed by atoms with van der Waals surface area (Å²) in [6, 6.07) is 0. The van der Waals surface area contributed by atoms with E-state index < -0.39 is 0 Å². The van der Waals surface area contributed by atoms with E-state index in [-0.39, 0.29) is 6.61 Å². The quantitative estimate of drug-likeness (QED) is 0.301. The smallest absolute Gasteiger partial charge is 0.113 e. The van der Waals surface area contributed by atoms with Gasteiger partial charge < -0.3 is 5.11 Å². The molecule has 0 spiro atoms. The lowest BCUT2D eigenvalue weighted by atomic mass is 10.3. The predicted octanol–water partition coefficient (Wildman–Crippen LogP) is -0.198. The summed E-state index contributed by atoms with van der Waals surface area (Å²) in [6.45, 7) is 0.599. The molecule has 0 radical (unpaired) electrons. The summed E-state index contributed by atoms with van der Waals surface area (Å²) >= 11 is 0. The molecule has 0 bridgehead atoms. The van der Waals surface area contributed by atoms with Crippen LogP contribution >= 0.6 is 0 Å². The molecule has 0 atom stereocenters. The molecule has 0 saturated heterocycles. The molecule has 0 heterocycles. The standard InChI is InChI=1S/C7H15N3O/c1-9-10(4-5-11)7(8)6-2-3-6/h6,8-9,11H,2-5H2,1H3. The molecule has 1 saturated carbocycles. The number of aliphatic hydroxyl groups excluding tert-OH is 1. The number of amidine groups is 1. The van der Waals surface area contributed by atoms with E-state index in [0.717, 1.165) is 12.8 Å². The lowest BCUT2D eigenvalue weighted by molar-refractivity contribution is 0.220. The van der Waals surface area contributed by atoms with Crippen LogP contribution in [-0.2, 0) is 0 Å². The fraction of sp³-hybridized carbons (Fsp3) is 0.857. The van der Waals surface area contributed by atoms with Crippen molar-refractivity contribution in [1.29, 1.82) is 5.41 Å². The third-order valence-electron chi connectivity index (χ3n) is 1.85. The van der Waals surface area contributed by atoms with Crippen molar-refractivity contribution in [2.24, 2.45) is 5.92 Å². The number of hydrogen-bond donors (Lipinski definition) is 3. The van der Waals surface area contributed by atoms with Crippen LogP contribution in [0.5, 0.6) is 0 Å². The maximum absolute atomic E-state index is 8.64. The van der Waals surface area contributed by atoms with Gasteiger partial charge in [-0.15, -0.1) is 0 Å². The van der Waals surface area contributed by atoms with Gasteiger partial charge in [-0.25, -0.2) is 5.43 Å². The zero-order valence-corrected chi connectivity index (χ0v) is 6.80. The molecule has 4 nitrogen and oxygen atoms in total. The second kappa shape index (κ2) is 3.69. The highest BCUT2D eigenvalue weighted by Gasteiger charge is 2.29. The first-order chi connectivity index (χ1) is 5.29. The first-order valence-corrected chi connectivity index (χ1v) is 3.93. The van der Waals surface area contributed by atoms with E-state index in [9.17, 15) is 0 Å². The second-order valence-corrected chi connectivity index (χ2v) is 2.76. The van der Waals surface area contributed by atoms with Crippen molar-refractivity contribution in [2.45, 2.75) is 12.8 Å². The van der Waals surface area contributed by atoms with Gasteiger partial charge in [-0.3, -0.25) is 10.4 Å². The zero-order valence-electron chi connectivity index (χ0n) is 6.80. The van der Waals surface area contributed by atoms with Crippen LogP contribution in [0.25, 0.3) is 0 Å². The van der Waals surface area contributed by atoms with Gasteiger partial charge in [0.05, 0.1) is 13.2 Å². The number of nitrogens with zero attached hydrogens (tertiary/aromatic N) is 1. The van der Waals surface area contributed by atoms with Crippen LogP contribution in [0.15, 0.2) is 0 Å². The summed E-state index contributed by atoms with van der Waals surface area (Å²) in [6.07, 6.45) is 2.25. The Bertz CT molecular complexity index is 145. The lowest BCUT2D eigenvalue weighted by Gasteiger charge is -2.22. The number of hydrazine groups is 1. The summed E-state index contributed by atoms with van der Waals surface area (Å²) in [5.41, 5.74) is 2.87. The summed E-state index contributed by atoms with van der Waals surface area (Å²) < 4.78 is 0. The minimum atomic E-state index is 0.0932. The fourth-order valence-corrected chi connectivity index (χ4v) is 1.03. The van der Waals surface area contributed by atoms with Crippen LogP contribution in [0.3, 0.4) is 0 Å². The number of hydrogen-bond acceptors (Lipinski definition) is 3. The van der Waals surface area contributed by atoms with Gasteiger partial charge in [-0.1, -0.05) is 0 Å². The average molecular weight is 157 g/mol. The molecule has 1 rings (SSSR count). The van der Waals surface area contributed by atoms with Crippen LogP contribution in [0, 0.1) is 11.3 Å². The molecule has 64 valence electrons. The first kappa shape index (κ1) is 8.49. The molecule has 1 fully saturated rings.